The second kappa shape index (κ2) is 8.39. The number of benzene rings is 2. The Labute approximate surface area is 186 Å². The smallest absolute Gasteiger partial charge is 0.264 e. The molecule has 1 N–H and O–H groups in total. The Bertz CT molecular complexity index is 1220. The Kier molecular flexibility index (Phi) is 5.81. The van der Waals surface area contributed by atoms with Gasteiger partial charge in [-0.2, -0.15) is 0 Å². The first-order chi connectivity index (χ1) is 14.8. The topological polar surface area (TPSA) is 92.3 Å². The molecule has 162 valence electrons. The molecule has 1 unspecified atom stereocenters. The maximum atomic E-state index is 13.4. The van der Waals surface area contributed by atoms with Crippen LogP contribution in [0.3, 0.4) is 0 Å². The second-order valence-electron chi connectivity index (χ2n) is 8.06. The van der Waals surface area contributed by atoms with Gasteiger partial charge in [0.05, 0.1) is 10.6 Å². The molecule has 2 heterocycles. The van der Waals surface area contributed by atoms with Crippen LogP contribution in [-0.2, 0) is 22.9 Å². The molecule has 0 radical (unpaired) electrons. The van der Waals surface area contributed by atoms with Crippen molar-refractivity contribution in [3.8, 4) is 0 Å². The normalized spacial score (nSPS) is 15.9. The van der Waals surface area contributed by atoms with E-state index in [1.807, 2.05) is 31.2 Å². The van der Waals surface area contributed by atoms with E-state index in [4.69, 9.17) is 0 Å². The lowest BCUT2D eigenvalue weighted by Gasteiger charge is -2.24. The fourth-order valence-corrected chi connectivity index (χ4v) is 6.41. The van der Waals surface area contributed by atoms with E-state index in [9.17, 15) is 13.2 Å². The number of anilines is 2. The molecule has 7 nitrogen and oxygen atoms in total. The van der Waals surface area contributed by atoms with Gasteiger partial charge in [-0.05, 0) is 49.1 Å². The van der Waals surface area contributed by atoms with Crippen molar-refractivity contribution in [3.63, 3.8) is 0 Å². The van der Waals surface area contributed by atoms with E-state index in [1.165, 1.54) is 27.8 Å². The molecule has 1 aromatic heterocycles. The molecule has 31 heavy (non-hydrogen) atoms. The highest BCUT2D eigenvalue weighted by molar-refractivity contribution is 7.92. The zero-order valence-corrected chi connectivity index (χ0v) is 19.2. The SMILES string of the molecule is CC(C)Cc1nnc(NC(=O)c2cccc(S(=O)(=O)N3c4ccccc4CC3C)c2)s1. The lowest BCUT2D eigenvalue weighted by Crippen LogP contribution is -2.35. The number of amides is 1. The summed E-state index contributed by atoms with van der Waals surface area (Å²) in [5, 5.41) is 12.1. The fourth-order valence-electron chi connectivity index (χ4n) is 3.72. The Morgan fingerprint density at radius 3 is 2.74 bits per heavy atom. The van der Waals surface area contributed by atoms with Crippen LogP contribution in [0.4, 0.5) is 10.8 Å². The van der Waals surface area contributed by atoms with Gasteiger partial charge in [0, 0.05) is 18.0 Å². The molecule has 1 aliphatic rings. The summed E-state index contributed by atoms with van der Waals surface area (Å²) >= 11 is 1.33. The van der Waals surface area contributed by atoms with Gasteiger partial charge in [-0.3, -0.25) is 14.4 Å². The Morgan fingerprint density at radius 1 is 1.19 bits per heavy atom. The predicted octanol–water partition coefficient (Wildman–Crippen LogP) is 4.13. The highest BCUT2D eigenvalue weighted by Gasteiger charge is 2.36. The molecule has 0 bridgehead atoms. The third-order valence-electron chi connectivity index (χ3n) is 5.07. The molecule has 3 aromatic rings. The molecule has 4 rings (SSSR count). The number of hydrogen-bond donors (Lipinski definition) is 1. The summed E-state index contributed by atoms with van der Waals surface area (Å²) < 4.78 is 28.3. The number of fused-ring (bicyclic) bond motifs is 1. The first kappa shape index (κ1) is 21.5. The number of nitrogens with zero attached hydrogens (tertiary/aromatic N) is 3. The van der Waals surface area contributed by atoms with Crippen LogP contribution in [0.25, 0.3) is 0 Å². The van der Waals surface area contributed by atoms with Gasteiger partial charge in [-0.1, -0.05) is 49.4 Å². The fraction of sp³-hybridized carbons (Fsp3) is 0.318. The van der Waals surface area contributed by atoms with Crippen molar-refractivity contribution < 1.29 is 13.2 Å². The van der Waals surface area contributed by atoms with Crippen molar-refractivity contribution in [2.75, 3.05) is 9.62 Å². The molecule has 9 heteroatoms. The molecule has 0 saturated heterocycles. The third-order valence-corrected chi connectivity index (χ3v) is 7.85. The van der Waals surface area contributed by atoms with Crippen LogP contribution in [0.15, 0.2) is 53.4 Å². The van der Waals surface area contributed by atoms with Gasteiger partial charge in [0.15, 0.2) is 0 Å². The monoisotopic (exact) mass is 456 g/mol. The molecular weight excluding hydrogens is 432 g/mol. The molecule has 2 aromatic carbocycles. The summed E-state index contributed by atoms with van der Waals surface area (Å²) in [6.45, 7) is 6.06. The highest BCUT2D eigenvalue weighted by atomic mass is 32.2. The average molecular weight is 457 g/mol. The number of hydrogen-bond acceptors (Lipinski definition) is 6. The molecule has 0 spiro atoms. The predicted molar refractivity (Wildman–Crippen MR) is 122 cm³/mol. The number of carbonyl (C=O) groups is 1. The van der Waals surface area contributed by atoms with Gasteiger partial charge < -0.3 is 0 Å². The van der Waals surface area contributed by atoms with E-state index in [0.29, 0.717) is 23.2 Å². The summed E-state index contributed by atoms with van der Waals surface area (Å²) in [4.78, 5) is 12.8. The summed E-state index contributed by atoms with van der Waals surface area (Å²) in [6, 6.07) is 13.4. The van der Waals surface area contributed by atoms with Crippen molar-refractivity contribution >= 4 is 38.1 Å². The van der Waals surface area contributed by atoms with E-state index in [0.717, 1.165) is 17.0 Å². The Morgan fingerprint density at radius 2 is 1.97 bits per heavy atom. The van der Waals surface area contributed by atoms with Crippen LogP contribution < -0.4 is 9.62 Å². The zero-order valence-electron chi connectivity index (χ0n) is 17.6. The maximum Gasteiger partial charge on any atom is 0.264 e. The Hall–Kier alpha value is -2.78. The summed E-state index contributed by atoms with van der Waals surface area (Å²) in [5.74, 6) is 0.0238. The standard InChI is InChI=1S/C22H24N4O3S2/c1-14(2)11-20-24-25-22(30-20)23-21(27)17-8-6-9-18(13-17)31(28,29)26-15(3)12-16-7-4-5-10-19(16)26/h4-10,13-15H,11-12H2,1-3H3,(H,23,25,27). The van der Waals surface area contributed by atoms with Gasteiger partial charge >= 0.3 is 0 Å². The summed E-state index contributed by atoms with van der Waals surface area (Å²) in [5.41, 5.74) is 1.94. The molecule has 0 saturated carbocycles. The first-order valence-electron chi connectivity index (χ1n) is 10.1. The van der Waals surface area contributed by atoms with Gasteiger partial charge in [0.25, 0.3) is 15.9 Å². The lowest BCUT2D eigenvalue weighted by atomic mass is 10.1. The van der Waals surface area contributed by atoms with Crippen LogP contribution >= 0.6 is 11.3 Å². The van der Waals surface area contributed by atoms with Crippen molar-refractivity contribution in [3.05, 3.63) is 64.7 Å². The first-order valence-corrected chi connectivity index (χ1v) is 12.4. The number of rotatable bonds is 6. The van der Waals surface area contributed by atoms with Crippen LogP contribution in [0.2, 0.25) is 0 Å². The number of sulfonamides is 1. The van der Waals surface area contributed by atoms with E-state index in [1.54, 1.807) is 12.1 Å². The van der Waals surface area contributed by atoms with Gasteiger partial charge in [0.2, 0.25) is 5.13 Å². The van der Waals surface area contributed by atoms with Crippen molar-refractivity contribution in [2.45, 2.75) is 44.6 Å². The number of aromatic nitrogens is 2. The van der Waals surface area contributed by atoms with Gasteiger partial charge in [-0.25, -0.2) is 8.42 Å². The van der Waals surface area contributed by atoms with E-state index < -0.39 is 15.9 Å². The highest BCUT2D eigenvalue weighted by Crippen LogP contribution is 2.36. The molecule has 1 atom stereocenters. The summed E-state index contributed by atoms with van der Waals surface area (Å²) in [7, 11) is -3.81. The average Bonchev–Trinajstić information content (AvgIpc) is 3.30. The van der Waals surface area contributed by atoms with Crippen LogP contribution in [0.5, 0.6) is 0 Å². The van der Waals surface area contributed by atoms with Crippen molar-refractivity contribution in [1.82, 2.24) is 10.2 Å². The van der Waals surface area contributed by atoms with Crippen molar-refractivity contribution in [2.24, 2.45) is 5.92 Å². The second-order valence-corrected chi connectivity index (χ2v) is 10.9. The van der Waals surface area contributed by atoms with Crippen molar-refractivity contribution in [1.29, 1.82) is 0 Å². The molecule has 0 aliphatic carbocycles. The van der Waals surface area contributed by atoms with Gasteiger partial charge in [0.1, 0.15) is 5.01 Å². The quantitative estimate of drug-likeness (QED) is 0.602. The molecule has 1 amide bonds. The number of carbonyl (C=O) groups excluding carboxylic acids is 1. The van der Waals surface area contributed by atoms with E-state index >= 15 is 0 Å². The van der Waals surface area contributed by atoms with E-state index in [2.05, 4.69) is 29.4 Å². The number of para-hydroxylation sites is 1. The number of nitrogens with one attached hydrogen (secondary N) is 1. The Balaban J connectivity index is 1.58. The molecule has 1 aliphatic heterocycles. The molecular formula is C22H24N4O3S2. The van der Waals surface area contributed by atoms with Gasteiger partial charge in [-0.15, -0.1) is 10.2 Å². The minimum absolute atomic E-state index is 0.0847. The zero-order chi connectivity index (χ0) is 22.2. The minimum atomic E-state index is -3.81. The van der Waals surface area contributed by atoms with Crippen LogP contribution in [0.1, 0.15) is 41.7 Å². The molecule has 0 fully saturated rings. The van der Waals surface area contributed by atoms with Crippen LogP contribution in [0, 0.1) is 5.92 Å². The largest absolute Gasteiger partial charge is 0.296 e. The van der Waals surface area contributed by atoms with Crippen LogP contribution in [-0.4, -0.2) is 30.6 Å². The van der Waals surface area contributed by atoms with E-state index in [-0.39, 0.29) is 16.5 Å². The lowest BCUT2D eigenvalue weighted by molar-refractivity contribution is 0.102. The maximum absolute atomic E-state index is 13.4. The third kappa shape index (κ3) is 4.33. The minimum Gasteiger partial charge on any atom is -0.296 e. The summed E-state index contributed by atoms with van der Waals surface area (Å²) in [6.07, 6.45) is 1.45.